The van der Waals surface area contributed by atoms with E-state index in [-0.39, 0.29) is 17.7 Å². The lowest BCUT2D eigenvalue weighted by molar-refractivity contribution is -0.0251. The molecule has 0 amide bonds. The van der Waals surface area contributed by atoms with E-state index in [4.69, 9.17) is 0 Å². The Balaban J connectivity index is 1.37. The van der Waals surface area contributed by atoms with Gasteiger partial charge >= 0.3 is 0 Å². The minimum atomic E-state index is 0.0527. The van der Waals surface area contributed by atoms with Crippen LogP contribution in [0.4, 0.5) is 0 Å². The predicted molar refractivity (Wildman–Crippen MR) is 122 cm³/mol. The lowest BCUT2D eigenvalue weighted by atomic mass is 9.76. The zero-order valence-electron chi connectivity index (χ0n) is 17.4. The summed E-state index contributed by atoms with van der Waals surface area (Å²) in [5, 5.41) is 0. The number of hydrogen-bond donors (Lipinski definition) is 0. The van der Waals surface area contributed by atoms with Gasteiger partial charge in [0.05, 0.1) is 5.92 Å². The van der Waals surface area contributed by atoms with Crippen molar-refractivity contribution < 1.29 is 4.79 Å². The lowest BCUT2D eigenvalue weighted by Crippen LogP contribution is -2.57. The molecule has 1 heterocycles. The third kappa shape index (κ3) is 3.73. The molecule has 3 aromatic carbocycles. The Morgan fingerprint density at radius 1 is 0.700 bits per heavy atom. The van der Waals surface area contributed by atoms with Gasteiger partial charge in [-0.25, -0.2) is 0 Å². The molecule has 0 unspecified atom stereocenters. The van der Waals surface area contributed by atoms with Gasteiger partial charge in [0.1, 0.15) is 0 Å². The largest absolute Gasteiger partial charge is 0.294 e. The van der Waals surface area contributed by atoms with Crippen molar-refractivity contribution in [1.82, 2.24) is 4.90 Å². The molecule has 0 bridgehead atoms. The topological polar surface area (TPSA) is 20.3 Å². The minimum Gasteiger partial charge on any atom is -0.294 e. The van der Waals surface area contributed by atoms with Gasteiger partial charge in [0.15, 0.2) is 5.78 Å². The summed E-state index contributed by atoms with van der Waals surface area (Å²) in [6.07, 6.45) is 6.55. The van der Waals surface area contributed by atoms with E-state index < -0.39 is 0 Å². The highest BCUT2D eigenvalue weighted by Crippen LogP contribution is 2.44. The van der Waals surface area contributed by atoms with Crippen LogP contribution in [0.25, 0.3) is 11.1 Å². The molecule has 30 heavy (non-hydrogen) atoms. The Labute approximate surface area is 179 Å². The van der Waals surface area contributed by atoms with Gasteiger partial charge < -0.3 is 0 Å². The number of benzene rings is 3. The van der Waals surface area contributed by atoms with Crippen LogP contribution in [-0.4, -0.2) is 23.3 Å². The molecule has 2 nitrogen and oxygen atoms in total. The van der Waals surface area contributed by atoms with Gasteiger partial charge in [0.25, 0.3) is 0 Å². The molecule has 3 aromatic rings. The SMILES string of the molecule is O=C(c1ccc(-c2ccccc2)cc1)[C@H]1CN(C2CCCCC2)[C@H]1c1ccccc1. The summed E-state index contributed by atoms with van der Waals surface area (Å²) in [4.78, 5) is 16.1. The fraction of sp³-hybridized carbons (Fsp3) is 0.321. The molecule has 0 N–H and O–H groups in total. The molecule has 0 aromatic heterocycles. The first-order valence-electron chi connectivity index (χ1n) is 11.3. The summed E-state index contributed by atoms with van der Waals surface area (Å²) in [6, 6.07) is 30.0. The van der Waals surface area contributed by atoms with Crippen LogP contribution in [-0.2, 0) is 0 Å². The zero-order chi connectivity index (χ0) is 20.3. The molecule has 0 radical (unpaired) electrons. The molecule has 1 aliphatic carbocycles. The molecule has 2 aliphatic rings. The molecule has 1 saturated heterocycles. The van der Waals surface area contributed by atoms with Crippen molar-refractivity contribution in [2.24, 2.45) is 5.92 Å². The Kier molecular flexibility index (Phi) is 5.50. The fourth-order valence-electron chi connectivity index (χ4n) is 5.29. The van der Waals surface area contributed by atoms with Crippen LogP contribution in [0.2, 0.25) is 0 Å². The van der Waals surface area contributed by atoms with Crippen LogP contribution < -0.4 is 0 Å². The average Bonchev–Trinajstić information content (AvgIpc) is 2.80. The maximum Gasteiger partial charge on any atom is 0.169 e. The van der Waals surface area contributed by atoms with Crippen molar-refractivity contribution in [1.29, 1.82) is 0 Å². The van der Waals surface area contributed by atoms with Crippen LogP contribution in [0.15, 0.2) is 84.9 Å². The first kappa shape index (κ1) is 19.3. The highest BCUT2D eigenvalue weighted by Gasteiger charge is 2.47. The maximum absolute atomic E-state index is 13.5. The van der Waals surface area contributed by atoms with Crippen LogP contribution in [0.5, 0.6) is 0 Å². The molecule has 2 heteroatoms. The van der Waals surface area contributed by atoms with Crippen molar-refractivity contribution in [2.75, 3.05) is 6.54 Å². The van der Waals surface area contributed by atoms with Crippen LogP contribution in [0.3, 0.4) is 0 Å². The number of nitrogens with zero attached hydrogens (tertiary/aromatic N) is 1. The first-order valence-corrected chi connectivity index (χ1v) is 11.3. The van der Waals surface area contributed by atoms with Crippen molar-refractivity contribution in [3.8, 4) is 11.1 Å². The Morgan fingerprint density at radius 2 is 1.30 bits per heavy atom. The Hall–Kier alpha value is -2.71. The second-order valence-corrected chi connectivity index (χ2v) is 8.76. The van der Waals surface area contributed by atoms with E-state index in [0.717, 1.165) is 17.7 Å². The van der Waals surface area contributed by atoms with Gasteiger partial charge in [-0.2, -0.15) is 0 Å². The summed E-state index contributed by atoms with van der Waals surface area (Å²) < 4.78 is 0. The molecule has 1 aliphatic heterocycles. The number of carbonyl (C=O) groups excluding carboxylic acids is 1. The first-order chi connectivity index (χ1) is 14.8. The third-order valence-electron chi connectivity index (χ3n) is 6.94. The quantitative estimate of drug-likeness (QED) is 0.457. The number of Topliss-reactive ketones (excluding diaryl/α,β-unsaturated/α-hetero) is 1. The standard InChI is InChI=1S/C28H29NO/c30-28(24-18-16-22(17-19-24)21-10-4-1-5-11-21)26-20-29(25-14-8-3-9-15-25)27(26)23-12-6-2-7-13-23/h1-2,4-7,10-13,16-19,25-27H,3,8-9,14-15,20H2/t26-,27-/m0/s1. The van der Waals surface area contributed by atoms with Crippen LogP contribution >= 0.6 is 0 Å². The van der Waals surface area contributed by atoms with E-state index in [1.807, 2.05) is 30.3 Å². The normalized spacial score (nSPS) is 22.4. The van der Waals surface area contributed by atoms with Gasteiger partial charge in [0, 0.05) is 24.2 Å². The van der Waals surface area contributed by atoms with E-state index >= 15 is 0 Å². The highest BCUT2D eigenvalue weighted by molar-refractivity contribution is 5.99. The molecular formula is C28H29NO. The fourth-order valence-corrected chi connectivity index (χ4v) is 5.29. The van der Waals surface area contributed by atoms with Gasteiger partial charge in [0.2, 0.25) is 0 Å². The smallest absolute Gasteiger partial charge is 0.169 e. The van der Waals surface area contributed by atoms with Crippen molar-refractivity contribution in [3.63, 3.8) is 0 Å². The lowest BCUT2D eigenvalue weighted by Gasteiger charge is -2.52. The van der Waals surface area contributed by atoms with Crippen molar-refractivity contribution in [2.45, 2.75) is 44.2 Å². The molecule has 0 spiro atoms. The van der Waals surface area contributed by atoms with E-state index in [2.05, 4.69) is 59.5 Å². The summed E-state index contributed by atoms with van der Waals surface area (Å²) >= 11 is 0. The summed E-state index contributed by atoms with van der Waals surface area (Å²) in [5.41, 5.74) is 4.47. The van der Waals surface area contributed by atoms with Crippen molar-refractivity contribution >= 4 is 5.78 Å². The number of rotatable bonds is 5. The number of hydrogen-bond acceptors (Lipinski definition) is 2. The van der Waals surface area contributed by atoms with Gasteiger partial charge in [-0.05, 0) is 29.5 Å². The average molecular weight is 396 g/mol. The molecule has 2 atom stereocenters. The second kappa shape index (κ2) is 8.57. The number of likely N-dealkylation sites (tertiary alicyclic amines) is 1. The molecular weight excluding hydrogens is 366 g/mol. The minimum absolute atomic E-state index is 0.0527. The summed E-state index contributed by atoms with van der Waals surface area (Å²) in [6.45, 7) is 0.892. The van der Waals surface area contributed by atoms with Gasteiger partial charge in [-0.1, -0.05) is 104 Å². The maximum atomic E-state index is 13.5. The van der Waals surface area contributed by atoms with Gasteiger partial charge in [-0.3, -0.25) is 9.69 Å². The molecule has 5 rings (SSSR count). The molecule has 2 fully saturated rings. The highest BCUT2D eigenvalue weighted by atomic mass is 16.1. The number of carbonyl (C=O) groups is 1. The number of ketones is 1. The van der Waals surface area contributed by atoms with Crippen molar-refractivity contribution in [3.05, 3.63) is 96.1 Å². The predicted octanol–water partition coefficient (Wildman–Crippen LogP) is 6.54. The molecule has 152 valence electrons. The monoisotopic (exact) mass is 395 g/mol. The van der Waals surface area contributed by atoms with Crippen LogP contribution in [0, 0.1) is 5.92 Å². The molecule has 1 saturated carbocycles. The van der Waals surface area contributed by atoms with E-state index in [0.29, 0.717) is 6.04 Å². The van der Waals surface area contributed by atoms with E-state index in [1.54, 1.807) is 0 Å². The Bertz CT molecular complexity index is 974. The van der Waals surface area contributed by atoms with E-state index in [1.165, 1.54) is 43.2 Å². The van der Waals surface area contributed by atoms with Gasteiger partial charge in [-0.15, -0.1) is 0 Å². The zero-order valence-corrected chi connectivity index (χ0v) is 17.4. The van der Waals surface area contributed by atoms with Crippen LogP contribution in [0.1, 0.15) is 54.1 Å². The summed E-state index contributed by atoms with van der Waals surface area (Å²) in [7, 11) is 0. The summed E-state index contributed by atoms with van der Waals surface area (Å²) in [5.74, 6) is 0.340. The second-order valence-electron chi connectivity index (χ2n) is 8.76. The van der Waals surface area contributed by atoms with E-state index in [9.17, 15) is 4.79 Å². The third-order valence-corrected chi connectivity index (χ3v) is 6.94. The Morgan fingerprint density at radius 3 is 1.97 bits per heavy atom.